The molecular weight excluding hydrogens is 272 g/mol. The zero-order valence-electron chi connectivity index (χ0n) is 9.16. The quantitative estimate of drug-likeness (QED) is 0.871. The number of hydrogen-bond acceptors (Lipinski definition) is 3. The second kappa shape index (κ2) is 7.25. The van der Waals surface area contributed by atoms with Crippen molar-refractivity contribution in [1.82, 2.24) is 10.3 Å². The largest absolute Gasteiger partial charge is 0.316 e. The van der Waals surface area contributed by atoms with Crippen molar-refractivity contribution in [2.24, 2.45) is 0 Å². The minimum Gasteiger partial charge on any atom is -0.316 e. The first-order valence-electron chi connectivity index (χ1n) is 5.10. The smallest absolute Gasteiger partial charge is 0.0410 e. The highest BCUT2D eigenvalue weighted by atomic mass is 79.9. The molecule has 0 aliphatic heterocycles. The summed E-state index contributed by atoms with van der Waals surface area (Å²) in [5, 5.41) is 3.34. The highest BCUT2D eigenvalue weighted by Gasteiger charge is 2.07. The highest BCUT2D eigenvalue weighted by molar-refractivity contribution is 9.10. The van der Waals surface area contributed by atoms with Crippen LogP contribution in [0.2, 0.25) is 0 Å². The Morgan fingerprint density at radius 3 is 2.93 bits per heavy atom. The van der Waals surface area contributed by atoms with Crippen LogP contribution in [0.25, 0.3) is 0 Å². The third kappa shape index (κ3) is 5.00. The van der Waals surface area contributed by atoms with E-state index < -0.39 is 0 Å². The lowest BCUT2D eigenvalue weighted by atomic mass is 10.1. The lowest BCUT2D eigenvalue weighted by Crippen LogP contribution is -2.30. The van der Waals surface area contributed by atoms with Crippen molar-refractivity contribution in [2.75, 3.05) is 18.6 Å². The summed E-state index contributed by atoms with van der Waals surface area (Å²) in [6.07, 6.45) is 4.79. The van der Waals surface area contributed by atoms with Gasteiger partial charge >= 0.3 is 0 Å². The van der Waals surface area contributed by atoms with Crippen molar-refractivity contribution in [1.29, 1.82) is 0 Å². The molecule has 84 valence electrons. The molecule has 0 aliphatic rings. The molecule has 1 atom stereocenters. The Morgan fingerprint density at radius 1 is 1.53 bits per heavy atom. The molecule has 1 N–H and O–H groups in total. The molecule has 1 aromatic rings. The van der Waals surface area contributed by atoms with Crippen LogP contribution >= 0.6 is 27.7 Å². The Hall–Kier alpha value is -0.0600. The van der Waals surface area contributed by atoms with Crippen LogP contribution in [0.4, 0.5) is 0 Å². The van der Waals surface area contributed by atoms with E-state index in [2.05, 4.69) is 39.2 Å². The van der Waals surface area contributed by atoms with Crippen LogP contribution in [-0.4, -0.2) is 29.6 Å². The number of halogens is 1. The first-order chi connectivity index (χ1) is 7.26. The number of nitrogens with one attached hydrogen (secondary N) is 1. The Kier molecular flexibility index (Phi) is 6.29. The van der Waals surface area contributed by atoms with E-state index in [0.717, 1.165) is 16.6 Å². The van der Waals surface area contributed by atoms with Gasteiger partial charge in [-0.15, -0.1) is 0 Å². The van der Waals surface area contributed by atoms with Crippen LogP contribution in [0.3, 0.4) is 0 Å². The second-order valence-corrected chi connectivity index (χ2v) is 5.60. The van der Waals surface area contributed by atoms with E-state index in [9.17, 15) is 0 Å². The average Bonchev–Trinajstić information content (AvgIpc) is 2.24. The summed E-state index contributed by atoms with van der Waals surface area (Å²) in [6, 6.07) is 2.67. The van der Waals surface area contributed by atoms with Crippen molar-refractivity contribution in [2.45, 2.75) is 19.4 Å². The van der Waals surface area contributed by atoms with E-state index in [1.165, 1.54) is 11.3 Å². The maximum absolute atomic E-state index is 4.17. The molecule has 15 heavy (non-hydrogen) atoms. The lowest BCUT2D eigenvalue weighted by Gasteiger charge is -2.15. The summed E-state index contributed by atoms with van der Waals surface area (Å²) < 4.78 is 1.05. The first kappa shape index (κ1) is 13.0. The maximum Gasteiger partial charge on any atom is 0.0410 e. The van der Waals surface area contributed by atoms with Gasteiger partial charge in [0.1, 0.15) is 0 Å². The van der Waals surface area contributed by atoms with Crippen LogP contribution in [0.5, 0.6) is 0 Å². The fourth-order valence-electron chi connectivity index (χ4n) is 1.36. The summed E-state index contributed by atoms with van der Waals surface area (Å²) >= 11 is 5.41. The normalized spacial score (nSPS) is 12.7. The standard InChI is InChI=1S/C11H17BrN2S/c1-3-15-8-11(13-2)5-9-4-10(12)7-14-6-9/h4,6-7,11,13H,3,5,8H2,1-2H3. The van der Waals surface area contributed by atoms with E-state index in [1.54, 1.807) is 0 Å². The van der Waals surface area contributed by atoms with Crippen molar-refractivity contribution >= 4 is 27.7 Å². The van der Waals surface area contributed by atoms with Gasteiger partial charge in [0.05, 0.1) is 0 Å². The fourth-order valence-corrected chi connectivity index (χ4v) is 2.57. The van der Waals surface area contributed by atoms with Gasteiger partial charge in [-0.3, -0.25) is 4.98 Å². The third-order valence-electron chi connectivity index (χ3n) is 2.18. The van der Waals surface area contributed by atoms with Gasteiger partial charge in [-0.25, -0.2) is 0 Å². The molecule has 0 aromatic carbocycles. The monoisotopic (exact) mass is 288 g/mol. The van der Waals surface area contributed by atoms with E-state index in [-0.39, 0.29) is 0 Å². The summed E-state index contributed by atoms with van der Waals surface area (Å²) in [5.74, 6) is 2.33. The van der Waals surface area contributed by atoms with Crippen molar-refractivity contribution in [3.63, 3.8) is 0 Å². The van der Waals surface area contributed by atoms with Crippen LogP contribution in [0.15, 0.2) is 22.9 Å². The van der Waals surface area contributed by atoms with Gasteiger partial charge in [-0.05, 0) is 46.8 Å². The SMILES string of the molecule is CCSCC(Cc1cncc(Br)c1)NC. The number of rotatable bonds is 6. The highest BCUT2D eigenvalue weighted by Crippen LogP contribution is 2.13. The van der Waals surface area contributed by atoms with Gasteiger partial charge in [0.15, 0.2) is 0 Å². The molecule has 1 rings (SSSR count). The van der Waals surface area contributed by atoms with Crippen LogP contribution in [0.1, 0.15) is 12.5 Å². The molecule has 0 aliphatic carbocycles. The van der Waals surface area contributed by atoms with E-state index in [0.29, 0.717) is 6.04 Å². The molecule has 4 heteroatoms. The molecule has 1 heterocycles. The van der Waals surface area contributed by atoms with Gasteiger partial charge < -0.3 is 5.32 Å². The summed E-state index contributed by atoms with van der Waals surface area (Å²) in [6.45, 7) is 2.19. The predicted octanol–water partition coefficient (Wildman–Crippen LogP) is 2.73. The van der Waals surface area contributed by atoms with Crippen molar-refractivity contribution in [3.05, 3.63) is 28.5 Å². The molecule has 0 saturated carbocycles. The summed E-state index contributed by atoms with van der Waals surface area (Å²) in [7, 11) is 2.02. The van der Waals surface area contributed by atoms with Gasteiger partial charge in [-0.1, -0.05) is 6.92 Å². The number of nitrogens with zero attached hydrogens (tertiary/aromatic N) is 1. The summed E-state index contributed by atoms with van der Waals surface area (Å²) in [4.78, 5) is 4.17. The number of pyridine rings is 1. The Morgan fingerprint density at radius 2 is 2.33 bits per heavy atom. The molecule has 0 spiro atoms. The Bertz CT molecular complexity index is 294. The lowest BCUT2D eigenvalue weighted by molar-refractivity contribution is 0.616. The van der Waals surface area contributed by atoms with Crippen LogP contribution in [-0.2, 0) is 6.42 Å². The molecule has 2 nitrogen and oxygen atoms in total. The predicted molar refractivity (Wildman–Crippen MR) is 71.5 cm³/mol. The third-order valence-corrected chi connectivity index (χ3v) is 3.66. The minimum atomic E-state index is 0.533. The van der Waals surface area contributed by atoms with Crippen molar-refractivity contribution < 1.29 is 0 Å². The number of likely N-dealkylation sites (N-methyl/N-ethyl adjacent to an activating group) is 1. The van der Waals surface area contributed by atoms with Gasteiger partial charge in [0.2, 0.25) is 0 Å². The molecule has 0 saturated heterocycles. The van der Waals surface area contributed by atoms with Crippen LogP contribution in [0, 0.1) is 0 Å². The fraction of sp³-hybridized carbons (Fsp3) is 0.545. The molecular formula is C11H17BrN2S. The number of hydrogen-bond donors (Lipinski definition) is 1. The number of aromatic nitrogens is 1. The minimum absolute atomic E-state index is 0.533. The van der Waals surface area contributed by atoms with E-state index in [4.69, 9.17) is 0 Å². The van der Waals surface area contributed by atoms with Crippen molar-refractivity contribution in [3.8, 4) is 0 Å². The Balaban J connectivity index is 2.50. The second-order valence-electron chi connectivity index (χ2n) is 3.36. The maximum atomic E-state index is 4.17. The Labute approximate surface area is 104 Å². The van der Waals surface area contributed by atoms with Gasteiger partial charge in [-0.2, -0.15) is 11.8 Å². The van der Waals surface area contributed by atoms with Crippen LogP contribution < -0.4 is 5.32 Å². The average molecular weight is 289 g/mol. The topological polar surface area (TPSA) is 24.9 Å². The zero-order valence-corrected chi connectivity index (χ0v) is 11.6. The number of thioether (sulfide) groups is 1. The van der Waals surface area contributed by atoms with Gasteiger partial charge in [0.25, 0.3) is 0 Å². The van der Waals surface area contributed by atoms with E-state index in [1.807, 2.05) is 31.2 Å². The molecule has 1 aromatic heterocycles. The van der Waals surface area contributed by atoms with Gasteiger partial charge in [0, 0.05) is 28.7 Å². The summed E-state index contributed by atoms with van der Waals surface area (Å²) in [5.41, 5.74) is 1.28. The first-order valence-corrected chi connectivity index (χ1v) is 7.05. The molecule has 0 fully saturated rings. The van der Waals surface area contributed by atoms with E-state index >= 15 is 0 Å². The molecule has 0 radical (unpaired) electrons. The molecule has 0 amide bonds. The zero-order chi connectivity index (χ0) is 11.1. The molecule has 0 bridgehead atoms. The molecule has 1 unspecified atom stereocenters.